The van der Waals surface area contributed by atoms with Crippen LogP contribution in [0.2, 0.25) is 0 Å². The van der Waals surface area contributed by atoms with Crippen molar-refractivity contribution in [2.75, 3.05) is 5.43 Å². The summed E-state index contributed by atoms with van der Waals surface area (Å²) in [5, 5.41) is 2.82. The van der Waals surface area contributed by atoms with Gasteiger partial charge < -0.3 is 5.43 Å². The van der Waals surface area contributed by atoms with Crippen LogP contribution in [0.15, 0.2) is 28.6 Å². The van der Waals surface area contributed by atoms with E-state index in [1.54, 1.807) is 21.5 Å². The first-order chi connectivity index (χ1) is 10.1. The van der Waals surface area contributed by atoms with Crippen molar-refractivity contribution in [1.82, 2.24) is 19.1 Å². The summed E-state index contributed by atoms with van der Waals surface area (Å²) in [6.45, 7) is 4.26. The summed E-state index contributed by atoms with van der Waals surface area (Å²) in [5.74, 6) is 6.64. The van der Waals surface area contributed by atoms with Crippen LogP contribution in [0.5, 0.6) is 0 Å². The van der Waals surface area contributed by atoms with Gasteiger partial charge in [0, 0.05) is 18.4 Å². The molecule has 0 aliphatic heterocycles. The largest absolute Gasteiger partial charge is 0.328 e. The molecule has 110 valence electrons. The molecular weight excluding hydrogens is 288 g/mol. The summed E-state index contributed by atoms with van der Waals surface area (Å²) < 4.78 is 3.26. The first-order valence-electron chi connectivity index (χ1n) is 6.58. The Balaban J connectivity index is 2.00. The van der Waals surface area contributed by atoms with E-state index in [1.165, 1.54) is 11.3 Å². The molecule has 0 aliphatic rings. The maximum Gasteiger partial charge on any atom is 0.328 e. The van der Waals surface area contributed by atoms with Gasteiger partial charge in [-0.2, -0.15) is 0 Å². The number of thiophene rings is 1. The van der Waals surface area contributed by atoms with Gasteiger partial charge in [0.15, 0.2) is 11.6 Å². The molecule has 7 nitrogen and oxygen atoms in total. The third-order valence-electron chi connectivity index (χ3n) is 3.25. The Kier molecular flexibility index (Phi) is 3.48. The number of nitrogen functional groups attached to an aromatic ring is 1. The SMILES string of the molecule is CC(C)n1ccn(Cc2nc(NN)c3ccsc3n2)c1=O. The van der Waals surface area contributed by atoms with Crippen LogP contribution in [0.25, 0.3) is 10.2 Å². The monoisotopic (exact) mass is 304 g/mol. The van der Waals surface area contributed by atoms with Gasteiger partial charge in [-0.05, 0) is 25.3 Å². The number of fused-ring (bicyclic) bond motifs is 1. The number of nitrogens with two attached hydrogens (primary N) is 1. The number of hydrazine groups is 1. The minimum absolute atomic E-state index is 0.0675. The van der Waals surface area contributed by atoms with Crippen LogP contribution >= 0.6 is 11.3 Å². The highest BCUT2D eigenvalue weighted by atomic mass is 32.1. The molecule has 3 N–H and O–H groups in total. The Morgan fingerprint density at radius 2 is 2.19 bits per heavy atom. The molecule has 0 bridgehead atoms. The third kappa shape index (κ3) is 2.43. The Hall–Kier alpha value is -2.19. The minimum atomic E-state index is -0.0675. The van der Waals surface area contributed by atoms with Crippen LogP contribution in [-0.2, 0) is 6.54 Å². The van der Waals surface area contributed by atoms with Crippen LogP contribution in [0.4, 0.5) is 5.82 Å². The Labute approximate surface area is 125 Å². The second-order valence-electron chi connectivity index (χ2n) is 4.98. The number of imidazole rings is 1. The summed E-state index contributed by atoms with van der Waals surface area (Å²) >= 11 is 1.52. The fourth-order valence-electron chi connectivity index (χ4n) is 2.17. The third-order valence-corrected chi connectivity index (χ3v) is 4.06. The van der Waals surface area contributed by atoms with E-state index < -0.39 is 0 Å². The first-order valence-corrected chi connectivity index (χ1v) is 7.46. The zero-order valence-electron chi connectivity index (χ0n) is 11.8. The Bertz CT molecular complexity index is 831. The molecule has 0 fully saturated rings. The maximum atomic E-state index is 12.2. The molecule has 0 radical (unpaired) electrons. The highest BCUT2D eigenvalue weighted by Gasteiger charge is 2.11. The van der Waals surface area contributed by atoms with Crippen molar-refractivity contribution < 1.29 is 0 Å². The van der Waals surface area contributed by atoms with Crippen molar-refractivity contribution in [2.45, 2.75) is 26.4 Å². The lowest BCUT2D eigenvalue weighted by Crippen LogP contribution is -2.26. The van der Waals surface area contributed by atoms with Crippen LogP contribution in [0.1, 0.15) is 25.7 Å². The lowest BCUT2D eigenvalue weighted by molar-refractivity contribution is 0.558. The maximum absolute atomic E-state index is 12.2. The Morgan fingerprint density at radius 1 is 1.38 bits per heavy atom. The van der Waals surface area contributed by atoms with Gasteiger partial charge in [-0.15, -0.1) is 11.3 Å². The molecule has 3 aromatic heterocycles. The van der Waals surface area contributed by atoms with Crippen LogP contribution in [0, 0.1) is 0 Å². The molecule has 8 heteroatoms. The molecule has 0 spiro atoms. The fraction of sp³-hybridized carbons (Fsp3) is 0.308. The summed E-state index contributed by atoms with van der Waals surface area (Å²) in [4.78, 5) is 21.9. The molecule has 0 amide bonds. The molecule has 3 heterocycles. The molecule has 21 heavy (non-hydrogen) atoms. The summed E-state index contributed by atoms with van der Waals surface area (Å²) in [7, 11) is 0. The van der Waals surface area contributed by atoms with Crippen molar-refractivity contribution in [2.24, 2.45) is 5.84 Å². The van der Waals surface area contributed by atoms with Gasteiger partial charge >= 0.3 is 5.69 Å². The molecular formula is C13H16N6OS. The summed E-state index contributed by atoms with van der Waals surface area (Å²) in [6.07, 6.45) is 3.53. The minimum Gasteiger partial charge on any atom is -0.308 e. The molecule has 0 saturated heterocycles. The highest BCUT2D eigenvalue weighted by Crippen LogP contribution is 2.24. The number of nitrogens with zero attached hydrogens (tertiary/aromatic N) is 4. The lowest BCUT2D eigenvalue weighted by Gasteiger charge is -2.06. The predicted molar refractivity (Wildman–Crippen MR) is 83.4 cm³/mol. The average molecular weight is 304 g/mol. The van der Waals surface area contributed by atoms with Gasteiger partial charge in [0.05, 0.1) is 11.9 Å². The number of hydrogen-bond acceptors (Lipinski definition) is 6. The highest BCUT2D eigenvalue weighted by molar-refractivity contribution is 7.16. The van der Waals surface area contributed by atoms with Crippen molar-refractivity contribution in [3.8, 4) is 0 Å². The zero-order chi connectivity index (χ0) is 15.0. The number of rotatable bonds is 4. The van der Waals surface area contributed by atoms with Gasteiger partial charge in [-0.25, -0.2) is 20.6 Å². The van der Waals surface area contributed by atoms with Crippen molar-refractivity contribution in [3.63, 3.8) is 0 Å². The molecule has 3 aromatic rings. The number of anilines is 1. The van der Waals surface area contributed by atoms with E-state index in [4.69, 9.17) is 5.84 Å². The summed E-state index contributed by atoms with van der Waals surface area (Å²) in [5.41, 5.74) is 2.52. The van der Waals surface area contributed by atoms with Gasteiger partial charge in [0.2, 0.25) is 0 Å². The molecule has 3 rings (SSSR count). The van der Waals surface area contributed by atoms with E-state index in [1.807, 2.05) is 25.3 Å². The fourth-order valence-corrected chi connectivity index (χ4v) is 2.96. The van der Waals surface area contributed by atoms with Gasteiger partial charge in [-0.1, -0.05) is 0 Å². The quantitative estimate of drug-likeness (QED) is 0.564. The second-order valence-corrected chi connectivity index (χ2v) is 5.88. The van der Waals surface area contributed by atoms with Gasteiger partial charge in [0.1, 0.15) is 4.83 Å². The summed E-state index contributed by atoms with van der Waals surface area (Å²) in [6, 6.07) is 2.04. The normalized spacial score (nSPS) is 11.4. The van der Waals surface area contributed by atoms with Crippen LogP contribution in [-0.4, -0.2) is 19.1 Å². The smallest absolute Gasteiger partial charge is 0.308 e. The molecule has 0 unspecified atom stereocenters. The second kappa shape index (κ2) is 5.30. The number of hydrogen-bond donors (Lipinski definition) is 2. The first kappa shape index (κ1) is 13.8. The number of aromatic nitrogens is 4. The van der Waals surface area contributed by atoms with Gasteiger partial charge in [-0.3, -0.25) is 9.13 Å². The average Bonchev–Trinajstić information content (AvgIpc) is 3.05. The van der Waals surface area contributed by atoms with Gasteiger partial charge in [0.25, 0.3) is 0 Å². The van der Waals surface area contributed by atoms with Crippen LogP contribution in [0.3, 0.4) is 0 Å². The lowest BCUT2D eigenvalue weighted by atomic mass is 10.4. The standard InChI is InChI=1S/C13H16N6OS/c1-8(2)19-5-4-18(13(19)20)7-10-15-11(17-14)9-3-6-21-12(9)16-10/h3-6,8H,7,14H2,1-2H3,(H,15,16,17). The van der Waals surface area contributed by atoms with Crippen LogP contribution < -0.4 is 17.0 Å². The molecule has 0 saturated carbocycles. The van der Waals surface area contributed by atoms with E-state index >= 15 is 0 Å². The topological polar surface area (TPSA) is 90.8 Å². The van der Waals surface area contributed by atoms with E-state index in [-0.39, 0.29) is 11.7 Å². The van der Waals surface area contributed by atoms with Crippen molar-refractivity contribution in [1.29, 1.82) is 0 Å². The predicted octanol–water partition coefficient (Wildman–Crippen LogP) is 1.57. The molecule has 0 atom stereocenters. The van der Waals surface area contributed by atoms with E-state index in [0.717, 1.165) is 10.2 Å². The van der Waals surface area contributed by atoms with E-state index in [2.05, 4.69) is 15.4 Å². The molecule has 0 aliphatic carbocycles. The molecule has 0 aromatic carbocycles. The number of nitrogens with one attached hydrogen (secondary N) is 1. The van der Waals surface area contributed by atoms with Crippen molar-refractivity contribution >= 4 is 27.4 Å². The van der Waals surface area contributed by atoms with Crippen molar-refractivity contribution in [3.05, 3.63) is 40.1 Å². The van der Waals surface area contributed by atoms with E-state index in [0.29, 0.717) is 18.2 Å². The Morgan fingerprint density at radius 3 is 2.86 bits per heavy atom. The zero-order valence-corrected chi connectivity index (χ0v) is 12.6. The van der Waals surface area contributed by atoms with E-state index in [9.17, 15) is 4.79 Å².